The van der Waals surface area contributed by atoms with Crippen molar-refractivity contribution >= 4 is 15.9 Å². The van der Waals surface area contributed by atoms with Crippen LogP contribution < -0.4 is 10.3 Å². The Morgan fingerprint density at radius 1 is 1.35 bits per heavy atom. The molecular formula is C14H7BrF4N2O2. The normalized spacial score (nSPS) is 11.2. The molecule has 0 atom stereocenters. The average Bonchev–Trinajstić information content (AvgIpc) is 2.40. The fraction of sp³-hybridized carbons (Fsp3) is 0.143. The summed E-state index contributed by atoms with van der Waals surface area (Å²) < 4.78 is 55.1. The molecule has 23 heavy (non-hydrogen) atoms. The van der Waals surface area contributed by atoms with E-state index >= 15 is 0 Å². The molecule has 0 amide bonds. The number of benzene rings is 1. The van der Waals surface area contributed by atoms with E-state index in [9.17, 15) is 22.4 Å². The number of aryl methyl sites for hydroxylation is 1. The van der Waals surface area contributed by atoms with Crippen LogP contribution in [-0.2, 0) is 0 Å². The summed E-state index contributed by atoms with van der Waals surface area (Å²) in [6, 6.07) is 4.84. The van der Waals surface area contributed by atoms with E-state index in [0.717, 1.165) is 12.1 Å². The number of nitriles is 1. The number of nitrogens with one attached hydrogen (secondary N) is 1. The predicted molar refractivity (Wildman–Crippen MR) is 76.3 cm³/mol. The van der Waals surface area contributed by atoms with Crippen LogP contribution in [0, 0.1) is 24.1 Å². The van der Waals surface area contributed by atoms with E-state index in [1.54, 1.807) is 6.07 Å². The molecular weight excluding hydrogens is 384 g/mol. The first-order chi connectivity index (χ1) is 10.6. The monoisotopic (exact) mass is 390 g/mol. The minimum atomic E-state index is -5.08. The highest BCUT2D eigenvalue weighted by molar-refractivity contribution is 9.10. The lowest BCUT2D eigenvalue weighted by molar-refractivity contribution is -0.275. The molecule has 0 saturated heterocycles. The summed E-state index contributed by atoms with van der Waals surface area (Å²) in [5, 5.41) is 9.07. The summed E-state index contributed by atoms with van der Waals surface area (Å²) in [5.74, 6) is -2.39. The number of alkyl halides is 3. The lowest BCUT2D eigenvalue weighted by atomic mass is 10.00. The molecule has 1 heterocycles. The maximum atomic E-state index is 14.5. The molecule has 0 aliphatic heterocycles. The molecule has 0 unspecified atom stereocenters. The molecule has 4 nitrogen and oxygen atoms in total. The second-order valence-electron chi connectivity index (χ2n) is 4.46. The van der Waals surface area contributed by atoms with Gasteiger partial charge in [0.2, 0.25) is 0 Å². The number of aromatic nitrogens is 1. The maximum absolute atomic E-state index is 14.5. The van der Waals surface area contributed by atoms with E-state index in [0.29, 0.717) is 5.69 Å². The number of hydrogen-bond acceptors (Lipinski definition) is 3. The van der Waals surface area contributed by atoms with Crippen LogP contribution in [0.1, 0.15) is 11.3 Å². The number of nitrogens with zero attached hydrogens (tertiary/aromatic N) is 1. The predicted octanol–water partition coefficient (Wildman–Crippen LogP) is 4.02. The zero-order valence-electron chi connectivity index (χ0n) is 11.4. The van der Waals surface area contributed by atoms with Gasteiger partial charge in [0.15, 0.2) is 11.6 Å². The van der Waals surface area contributed by atoms with Crippen LogP contribution in [0.25, 0.3) is 11.1 Å². The van der Waals surface area contributed by atoms with Crippen LogP contribution in [0.2, 0.25) is 0 Å². The molecule has 2 aromatic rings. The number of pyridine rings is 1. The molecule has 0 aliphatic rings. The first-order valence-electron chi connectivity index (χ1n) is 6.02. The Bertz CT molecular complexity index is 869. The second kappa shape index (κ2) is 6.04. The van der Waals surface area contributed by atoms with Crippen LogP contribution in [0.3, 0.4) is 0 Å². The van der Waals surface area contributed by atoms with Crippen molar-refractivity contribution in [3.8, 4) is 22.9 Å². The topological polar surface area (TPSA) is 65.9 Å². The minimum absolute atomic E-state index is 0.0750. The number of ether oxygens (including phenoxy) is 1. The summed E-state index contributed by atoms with van der Waals surface area (Å²) in [6.45, 7) is 1.49. The van der Waals surface area contributed by atoms with Crippen molar-refractivity contribution in [2.75, 3.05) is 0 Å². The van der Waals surface area contributed by atoms with Crippen molar-refractivity contribution < 1.29 is 22.3 Å². The lowest BCUT2D eigenvalue weighted by Gasteiger charge is -2.14. The quantitative estimate of drug-likeness (QED) is 0.787. The SMILES string of the molecule is Cc1cc(-c2c(Br)ccc(OC(F)(F)F)c2F)c(C#N)c(=O)[nH]1. The smallest absolute Gasteiger partial charge is 0.403 e. The van der Waals surface area contributed by atoms with Gasteiger partial charge in [-0.2, -0.15) is 5.26 Å². The number of H-pyrrole nitrogens is 1. The van der Waals surface area contributed by atoms with Crippen molar-refractivity contribution in [3.05, 3.63) is 50.1 Å². The van der Waals surface area contributed by atoms with Gasteiger partial charge >= 0.3 is 6.36 Å². The molecule has 0 bridgehead atoms. The summed E-state index contributed by atoms with van der Waals surface area (Å²) >= 11 is 3.01. The van der Waals surface area contributed by atoms with Gasteiger partial charge in [-0.3, -0.25) is 4.79 Å². The molecule has 1 aromatic heterocycles. The van der Waals surface area contributed by atoms with Crippen LogP contribution in [0.4, 0.5) is 17.6 Å². The summed E-state index contributed by atoms with van der Waals surface area (Å²) in [5.41, 5.74) is -1.36. The van der Waals surface area contributed by atoms with Crippen LogP contribution in [0.15, 0.2) is 27.5 Å². The van der Waals surface area contributed by atoms with E-state index in [2.05, 4.69) is 25.7 Å². The third-order valence-corrected chi connectivity index (χ3v) is 3.49. The van der Waals surface area contributed by atoms with Crippen LogP contribution in [-0.4, -0.2) is 11.3 Å². The Morgan fingerprint density at radius 2 is 2.00 bits per heavy atom. The van der Waals surface area contributed by atoms with E-state index in [4.69, 9.17) is 5.26 Å². The van der Waals surface area contributed by atoms with Gasteiger partial charge in [-0.15, -0.1) is 13.2 Å². The lowest BCUT2D eigenvalue weighted by Crippen LogP contribution is -2.18. The van der Waals surface area contributed by atoms with Gasteiger partial charge in [0.25, 0.3) is 5.56 Å². The molecule has 1 N–H and O–H groups in total. The summed E-state index contributed by atoms with van der Waals surface area (Å²) in [4.78, 5) is 14.1. The van der Waals surface area contributed by atoms with Crippen LogP contribution in [0.5, 0.6) is 5.75 Å². The Kier molecular flexibility index (Phi) is 4.47. The number of hydrogen-bond donors (Lipinski definition) is 1. The molecule has 2 rings (SSSR count). The van der Waals surface area contributed by atoms with E-state index in [-0.39, 0.29) is 15.6 Å². The number of halogens is 5. The Morgan fingerprint density at radius 3 is 2.57 bits per heavy atom. The average molecular weight is 391 g/mol. The van der Waals surface area contributed by atoms with E-state index in [1.165, 1.54) is 13.0 Å². The number of aromatic amines is 1. The van der Waals surface area contributed by atoms with Gasteiger partial charge in [-0.25, -0.2) is 4.39 Å². The highest BCUT2D eigenvalue weighted by Crippen LogP contribution is 2.38. The highest BCUT2D eigenvalue weighted by atomic mass is 79.9. The molecule has 0 fully saturated rings. The molecule has 0 saturated carbocycles. The van der Waals surface area contributed by atoms with Crippen molar-refractivity contribution in [3.63, 3.8) is 0 Å². The van der Waals surface area contributed by atoms with Crippen molar-refractivity contribution in [1.82, 2.24) is 4.98 Å². The largest absolute Gasteiger partial charge is 0.573 e. The fourth-order valence-corrected chi connectivity index (χ4v) is 2.50. The van der Waals surface area contributed by atoms with Crippen LogP contribution >= 0.6 is 15.9 Å². The van der Waals surface area contributed by atoms with Gasteiger partial charge in [-0.1, -0.05) is 15.9 Å². The van der Waals surface area contributed by atoms with Gasteiger partial charge in [0.1, 0.15) is 11.6 Å². The molecule has 0 aliphatic carbocycles. The standard InChI is InChI=1S/C14H7BrF4N2O2/c1-6-4-7(8(5-20)13(22)21-6)11-9(15)2-3-10(12(11)16)23-14(17,18)19/h2-4H,1H3,(H,21,22). The Hall–Kier alpha value is -2.34. The van der Waals surface area contributed by atoms with Gasteiger partial charge < -0.3 is 9.72 Å². The Balaban J connectivity index is 2.77. The zero-order chi connectivity index (χ0) is 17.4. The zero-order valence-corrected chi connectivity index (χ0v) is 13.0. The molecule has 0 radical (unpaired) electrons. The third-order valence-electron chi connectivity index (χ3n) is 2.83. The van der Waals surface area contributed by atoms with Gasteiger partial charge in [0.05, 0.1) is 0 Å². The summed E-state index contributed by atoms with van der Waals surface area (Å²) in [7, 11) is 0. The summed E-state index contributed by atoms with van der Waals surface area (Å²) in [6.07, 6.45) is -5.08. The maximum Gasteiger partial charge on any atom is 0.573 e. The van der Waals surface area contributed by atoms with Gasteiger partial charge in [0, 0.05) is 21.3 Å². The molecule has 1 aromatic carbocycles. The third kappa shape index (κ3) is 3.53. The van der Waals surface area contributed by atoms with E-state index in [1.807, 2.05) is 0 Å². The highest BCUT2D eigenvalue weighted by Gasteiger charge is 2.33. The Labute approximate surface area is 135 Å². The van der Waals surface area contributed by atoms with Crippen molar-refractivity contribution in [2.45, 2.75) is 13.3 Å². The van der Waals surface area contributed by atoms with Gasteiger partial charge in [-0.05, 0) is 25.1 Å². The van der Waals surface area contributed by atoms with Crippen molar-refractivity contribution in [2.24, 2.45) is 0 Å². The first-order valence-corrected chi connectivity index (χ1v) is 6.81. The van der Waals surface area contributed by atoms with Crippen molar-refractivity contribution in [1.29, 1.82) is 5.26 Å². The van der Waals surface area contributed by atoms with E-state index < -0.39 is 29.1 Å². The number of rotatable bonds is 2. The molecule has 0 spiro atoms. The first kappa shape index (κ1) is 17.0. The minimum Gasteiger partial charge on any atom is -0.403 e. The second-order valence-corrected chi connectivity index (χ2v) is 5.32. The fourth-order valence-electron chi connectivity index (χ4n) is 1.98. The molecule has 9 heteroatoms. The molecule has 120 valence electrons.